The van der Waals surface area contributed by atoms with Crippen LogP contribution < -0.4 is 20.4 Å². The molecule has 1 spiro atoms. The van der Waals surface area contributed by atoms with E-state index >= 15 is 0 Å². The molecule has 2 bridgehead atoms. The maximum Gasteiger partial charge on any atom is 0.478 e. The number of carbonyl (C=O) groups is 4. The first-order chi connectivity index (χ1) is 32.5. The Labute approximate surface area is 399 Å². The van der Waals surface area contributed by atoms with E-state index in [-0.39, 0.29) is 23.5 Å². The average molecular weight is 1010 g/mol. The highest BCUT2D eigenvalue weighted by Crippen LogP contribution is 2.55. The Morgan fingerprint density at radius 2 is 1.70 bits per heavy atom. The van der Waals surface area contributed by atoms with Gasteiger partial charge in [0.15, 0.2) is 11.3 Å². The number of nitrogens with zero attached hydrogens (tertiary/aromatic N) is 6. The molecule has 0 unspecified atom stereocenters. The van der Waals surface area contributed by atoms with E-state index in [1.807, 2.05) is 0 Å². The number of halogens is 5. The summed E-state index contributed by atoms with van der Waals surface area (Å²) < 4.78 is 111. The molecule has 3 aliphatic rings. The Balaban J connectivity index is 1.33. The number of hydrogen-bond donors (Lipinski definition) is 1. The summed E-state index contributed by atoms with van der Waals surface area (Å²) in [6, 6.07) is 4.18. The van der Waals surface area contributed by atoms with Crippen LogP contribution >= 0.6 is 7.82 Å². The Kier molecular flexibility index (Phi) is 15.6. The molecule has 1 fully saturated rings. The van der Waals surface area contributed by atoms with Crippen LogP contribution in [0.5, 0.6) is 5.75 Å². The van der Waals surface area contributed by atoms with Crippen LogP contribution in [0, 0.1) is 11.6 Å². The zero-order valence-corrected chi connectivity index (χ0v) is 40.9. The molecule has 6 rings (SSSR count). The third-order valence-corrected chi connectivity index (χ3v) is 13.2. The Bertz CT molecular complexity index is 2630. The first-order valence-corrected chi connectivity index (χ1v) is 23.5. The quantitative estimate of drug-likeness (QED) is 0.0915. The van der Waals surface area contributed by atoms with Crippen LogP contribution in [-0.2, 0) is 40.8 Å². The minimum Gasteiger partial charge on any atom is -0.422 e. The van der Waals surface area contributed by atoms with E-state index in [9.17, 15) is 50.5 Å². The molecule has 0 radical (unpaired) electrons. The number of oxime groups is 1. The molecule has 5 heterocycles. The van der Waals surface area contributed by atoms with Crippen LogP contribution in [0.25, 0.3) is 0 Å². The topological polar surface area (TPSA) is 210 Å². The molecule has 3 aliphatic heterocycles. The van der Waals surface area contributed by atoms with Gasteiger partial charge in [-0.3, -0.25) is 28.3 Å². The zero-order valence-electron chi connectivity index (χ0n) is 40.0. The molecule has 382 valence electrons. The second kappa shape index (κ2) is 20.4. The smallest absolute Gasteiger partial charge is 0.422 e. The van der Waals surface area contributed by atoms with Gasteiger partial charge in [-0.1, -0.05) is 17.3 Å². The summed E-state index contributed by atoms with van der Waals surface area (Å²) in [5, 5.41) is 6.62. The van der Waals surface area contributed by atoms with Crippen molar-refractivity contribution in [1.29, 1.82) is 0 Å². The lowest BCUT2D eigenvalue weighted by Crippen LogP contribution is -2.52. The van der Waals surface area contributed by atoms with Gasteiger partial charge >= 0.3 is 26.2 Å². The fourth-order valence-corrected chi connectivity index (χ4v) is 9.74. The Morgan fingerprint density at radius 3 is 2.31 bits per heavy atom. The number of benzene rings is 1. The fraction of sp³-hybridized carbons (Fsp3) is 0.533. The molecule has 0 aliphatic carbocycles. The van der Waals surface area contributed by atoms with E-state index in [0.717, 1.165) is 30.3 Å². The molecule has 2 aromatic heterocycles. The molecule has 3 atom stereocenters. The van der Waals surface area contributed by atoms with Gasteiger partial charge in [0.05, 0.1) is 35.9 Å². The largest absolute Gasteiger partial charge is 0.478 e. The van der Waals surface area contributed by atoms with Crippen LogP contribution in [0.15, 0.2) is 52.7 Å². The minimum atomic E-state index is -4.75. The van der Waals surface area contributed by atoms with Gasteiger partial charge in [0.2, 0.25) is 18.0 Å². The van der Waals surface area contributed by atoms with Gasteiger partial charge in [0.25, 0.3) is 11.8 Å². The number of anilines is 1. The first kappa shape index (κ1) is 53.4. The van der Waals surface area contributed by atoms with Crippen molar-refractivity contribution in [2.75, 3.05) is 31.8 Å². The van der Waals surface area contributed by atoms with Crippen molar-refractivity contribution < 1.29 is 73.6 Å². The van der Waals surface area contributed by atoms with E-state index < -0.39 is 134 Å². The van der Waals surface area contributed by atoms with Crippen molar-refractivity contribution in [3.63, 3.8) is 0 Å². The van der Waals surface area contributed by atoms with E-state index in [1.54, 1.807) is 55.4 Å². The highest BCUT2D eigenvalue weighted by molar-refractivity contribution is 7.48. The minimum absolute atomic E-state index is 0.0409. The summed E-state index contributed by atoms with van der Waals surface area (Å²) in [7, 11) is -3.30. The van der Waals surface area contributed by atoms with Gasteiger partial charge in [0, 0.05) is 68.7 Å². The summed E-state index contributed by atoms with van der Waals surface area (Å²) in [6.45, 7) is 9.72. The predicted molar refractivity (Wildman–Crippen MR) is 240 cm³/mol. The Morgan fingerprint density at radius 1 is 1.01 bits per heavy atom. The van der Waals surface area contributed by atoms with Crippen molar-refractivity contribution in [3.05, 3.63) is 87.0 Å². The highest BCUT2D eigenvalue weighted by Gasteiger charge is 2.54. The van der Waals surface area contributed by atoms with E-state index in [2.05, 4.69) is 15.5 Å². The Hall–Kier alpha value is -5.97. The molecule has 1 saturated heterocycles. The third kappa shape index (κ3) is 12.7. The number of hydrogen-bond acceptors (Lipinski definition) is 14. The lowest BCUT2D eigenvalue weighted by Gasteiger charge is -2.42. The number of carbonyl (C=O) groups excluding carboxylic acids is 4. The molecule has 4 amide bonds. The van der Waals surface area contributed by atoms with E-state index in [4.69, 9.17) is 27.9 Å². The van der Waals surface area contributed by atoms with Gasteiger partial charge in [-0.15, -0.1) is 0 Å². The number of nitrogens with one attached hydrogen (secondary N) is 1. The summed E-state index contributed by atoms with van der Waals surface area (Å²) in [6.07, 6.45) is -5.50. The van der Waals surface area contributed by atoms with Crippen LogP contribution in [0.3, 0.4) is 0 Å². The van der Waals surface area contributed by atoms with Crippen molar-refractivity contribution in [2.24, 2.45) is 5.16 Å². The summed E-state index contributed by atoms with van der Waals surface area (Å²) >= 11 is 0. The lowest BCUT2D eigenvalue weighted by molar-refractivity contribution is -0.137. The van der Waals surface area contributed by atoms with Crippen LogP contribution in [0.2, 0.25) is 0 Å². The number of ether oxygens (including phenoxy) is 2. The lowest BCUT2D eigenvalue weighted by atomic mass is 9.84. The maximum atomic E-state index is 14.6. The fourth-order valence-electron chi connectivity index (χ4n) is 8.08. The number of amides is 4. The molecular weight excluding hydrogens is 956 g/mol. The third-order valence-electron chi connectivity index (χ3n) is 11.2. The van der Waals surface area contributed by atoms with Crippen LogP contribution in [0.1, 0.15) is 119 Å². The average Bonchev–Trinajstić information content (AvgIpc) is 3.57. The second-order valence-electron chi connectivity index (χ2n) is 19.1. The number of phosphoric acid groups is 1. The van der Waals surface area contributed by atoms with Gasteiger partial charge in [-0.25, -0.2) is 32.4 Å². The van der Waals surface area contributed by atoms with Gasteiger partial charge in [0.1, 0.15) is 23.0 Å². The SMILES string of the molecule is CC1=NO[C@@]2(CC[C@H](C)N3C[C@H]2n2cc(C(=O)NCc4ccc(F)cc4F)c(=O)c(OC(=O)N(C)c4ncccc4CN(CCC(F)(F)F)C(=O)OCOP(=O)(OC(C)(C)C)OC(C)(C)C)c2C3=O)C1. The highest BCUT2D eigenvalue weighted by atomic mass is 31.2. The molecule has 70 heavy (non-hydrogen) atoms. The second-order valence-corrected chi connectivity index (χ2v) is 20.6. The van der Waals surface area contributed by atoms with Crippen molar-refractivity contribution in [2.45, 2.75) is 129 Å². The van der Waals surface area contributed by atoms with Gasteiger partial charge in [-0.05, 0) is 80.4 Å². The number of aromatic nitrogens is 2. The summed E-state index contributed by atoms with van der Waals surface area (Å²) in [4.78, 5) is 83.8. The van der Waals surface area contributed by atoms with E-state index in [1.165, 1.54) is 27.8 Å². The van der Waals surface area contributed by atoms with Crippen molar-refractivity contribution in [3.8, 4) is 5.75 Å². The van der Waals surface area contributed by atoms with Gasteiger partial charge < -0.3 is 34.0 Å². The molecule has 0 saturated carbocycles. The monoisotopic (exact) mass is 1010 g/mol. The van der Waals surface area contributed by atoms with Crippen LogP contribution in [-0.4, -0.2) is 105 Å². The first-order valence-electron chi connectivity index (χ1n) is 22.1. The van der Waals surface area contributed by atoms with Gasteiger partial charge in [-0.2, -0.15) is 13.2 Å². The molecule has 1 aromatic carbocycles. The standard InChI is InChI=1S/C45H55F5N7O12P/c1-26-20-44(67-53-26)15-14-27(2)56-24-33(44)57-23-31(38(59)52-21-28-12-13-30(46)19-32(28)47)35(58)36(34(57)39(56)60)66-40(61)54(9)37-29(11-10-17-51-37)22-55(18-16-45(48,49)50)41(62)64-25-65-70(63,68-42(3,4)5)69-43(6,7)8/h10-13,17,19,23,27,33H,14-16,18,20-22,24-25H2,1-9H3,(H,52,59)/t27-,33+,44-/m0/s1. The normalized spacial score (nSPS) is 19.2. The summed E-state index contributed by atoms with van der Waals surface area (Å²) in [5.41, 5.74) is -5.02. The zero-order chi connectivity index (χ0) is 51.7. The molecule has 25 heteroatoms. The van der Waals surface area contributed by atoms with Crippen LogP contribution in [0.4, 0.5) is 37.4 Å². The molecule has 19 nitrogen and oxygen atoms in total. The maximum absolute atomic E-state index is 14.6. The number of phosphoric ester groups is 1. The molecule has 1 N–H and O–H groups in total. The van der Waals surface area contributed by atoms with E-state index in [0.29, 0.717) is 35.9 Å². The van der Waals surface area contributed by atoms with Crippen molar-refractivity contribution in [1.82, 2.24) is 24.7 Å². The predicted octanol–water partition coefficient (Wildman–Crippen LogP) is 8.40. The molecule has 3 aromatic rings. The number of rotatable bonds is 14. The van der Waals surface area contributed by atoms with Crippen molar-refractivity contribution >= 4 is 43.4 Å². The number of alkyl halides is 3. The summed E-state index contributed by atoms with van der Waals surface area (Å²) in [5.74, 6) is -4.81. The molecular formula is C45H55F5N7O12P. The number of pyridine rings is 2. The number of fused-ring (bicyclic) bond motifs is 5.